The van der Waals surface area contributed by atoms with Crippen LogP contribution < -0.4 is 15.4 Å². The quantitative estimate of drug-likeness (QED) is 0.832. The number of urea groups is 1. The largest absolute Gasteiger partial charge is 0.497 e. The summed E-state index contributed by atoms with van der Waals surface area (Å²) >= 11 is 0. The summed E-state index contributed by atoms with van der Waals surface area (Å²) in [5, 5.41) is 14.5. The topological polar surface area (TPSA) is 74.2 Å². The van der Waals surface area contributed by atoms with E-state index in [1.54, 1.807) is 26.2 Å². The molecular formula is C13H13N3O2. The van der Waals surface area contributed by atoms with Crippen molar-refractivity contribution in [2.24, 2.45) is 0 Å². The first-order chi connectivity index (χ1) is 8.65. The lowest BCUT2D eigenvalue weighted by Gasteiger charge is -2.25. The number of amides is 2. The average molecular weight is 243 g/mol. The third kappa shape index (κ3) is 2.13. The normalized spacial score (nSPS) is 18.7. The summed E-state index contributed by atoms with van der Waals surface area (Å²) in [6.07, 6.45) is 0. The van der Waals surface area contributed by atoms with Crippen molar-refractivity contribution in [3.05, 3.63) is 41.1 Å². The zero-order chi connectivity index (χ0) is 13.1. The van der Waals surface area contributed by atoms with Crippen molar-refractivity contribution in [1.82, 2.24) is 10.6 Å². The van der Waals surface area contributed by atoms with Gasteiger partial charge in [-0.25, -0.2) is 4.79 Å². The van der Waals surface area contributed by atoms with E-state index in [2.05, 4.69) is 16.7 Å². The van der Waals surface area contributed by atoms with E-state index in [0.29, 0.717) is 11.3 Å². The van der Waals surface area contributed by atoms with Crippen molar-refractivity contribution in [3.8, 4) is 11.8 Å². The van der Waals surface area contributed by atoms with Crippen LogP contribution >= 0.6 is 0 Å². The second kappa shape index (κ2) is 4.80. The van der Waals surface area contributed by atoms with Gasteiger partial charge in [-0.2, -0.15) is 5.26 Å². The molecular weight excluding hydrogens is 230 g/mol. The Morgan fingerprint density at radius 2 is 2.00 bits per heavy atom. The number of carbonyl (C=O) groups excluding carboxylic acids is 1. The Balaban J connectivity index is 2.38. The number of rotatable bonds is 2. The highest BCUT2D eigenvalue weighted by molar-refractivity contribution is 5.79. The zero-order valence-corrected chi connectivity index (χ0v) is 10.2. The SMILES string of the molecule is COc1ccc([C@@H]2NC(=O)NC(C)=C2C#N)cc1. The molecule has 1 heterocycles. The summed E-state index contributed by atoms with van der Waals surface area (Å²) in [5.41, 5.74) is 1.95. The van der Waals surface area contributed by atoms with Crippen LogP contribution in [0.15, 0.2) is 35.5 Å². The molecule has 1 aromatic rings. The highest BCUT2D eigenvalue weighted by Gasteiger charge is 2.26. The van der Waals surface area contributed by atoms with Gasteiger partial charge in [0.2, 0.25) is 0 Å². The highest BCUT2D eigenvalue weighted by atomic mass is 16.5. The monoisotopic (exact) mass is 243 g/mol. The maximum absolute atomic E-state index is 11.5. The number of ether oxygens (including phenoxy) is 1. The van der Waals surface area contributed by atoms with Gasteiger partial charge in [-0.3, -0.25) is 0 Å². The molecule has 0 bridgehead atoms. The van der Waals surface area contributed by atoms with E-state index in [-0.39, 0.29) is 6.03 Å². The molecule has 1 aliphatic heterocycles. The predicted molar refractivity (Wildman–Crippen MR) is 65.7 cm³/mol. The number of nitrogens with zero attached hydrogens (tertiary/aromatic N) is 1. The maximum Gasteiger partial charge on any atom is 0.319 e. The fourth-order valence-corrected chi connectivity index (χ4v) is 1.89. The van der Waals surface area contributed by atoms with E-state index in [1.165, 1.54) is 0 Å². The Hall–Kier alpha value is -2.48. The van der Waals surface area contributed by atoms with Crippen LogP contribution in [-0.2, 0) is 0 Å². The number of hydrogen-bond acceptors (Lipinski definition) is 3. The van der Waals surface area contributed by atoms with Crippen LogP contribution in [0.1, 0.15) is 18.5 Å². The van der Waals surface area contributed by atoms with Crippen molar-refractivity contribution in [1.29, 1.82) is 5.26 Å². The number of carbonyl (C=O) groups is 1. The van der Waals surface area contributed by atoms with E-state index in [0.717, 1.165) is 11.3 Å². The first-order valence-electron chi connectivity index (χ1n) is 5.48. The summed E-state index contributed by atoms with van der Waals surface area (Å²) in [6.45, 7) is 1.72. The number of nitrogens with one attached hydrogen (secondary N) is 2. The molecule has 0 aliphatic carbocycles. The number of allylic oxidation sites excluding steroid dienone is 1. The van der Waals surface area contributed by atoms with Gasteiger partial charge in [0, 0.05) is 5.70 Å². The fraction of sp³-hybridized carbons (Fsp3) is 0.231. The van der Waals surface area contributed by atoms with Crippen LogP contribution in [0.3, 0.4) is 0 Å². The van der Waals surface area contributed by atoms with E-state index < -0.39 is 6.04 Å². The molecule has 18 heavy (non-hydrogen) atoms. The molecule has 5 heteroatoms. The van der Waals surface area contributed by atoms with Crippen LogP contribution in [-0.4, -0.2) is 13.1 Å². The van der Waals surface area contributed by atoms with Crippen molar-refractivity contribution in [3.63, 3.8) is 0 Å². The molecule has 2 amide bonds. The van der Waals surface area contributed by atoms with Crippen molar-refractivity contribution in [2.75, 3.05) is 7.11 Å². The lowest BCUT2D eigenvalue weighted by molar-refractivity contribution is 0.239. The van der Waals surface area contributed by atoms with Gasteiger partial charge < -0.3 is 15.4 Å². The van der Waals surface area contributed by atoms with Crippen molar-refractivity contribution in [2.45, 2.75) is 13.0 Å². The van der Waals surface area contributed by atoms with Gasteiger partial charge in [-0.1, -0.05) is 12.1 Å². The van der Waals surface area contributed by atoms with Crippen molar-refractivity contribution >= 4 is 6.03 Å². The Morgan fingerprint density at radius 3 is 2.56 bits per heavy atom. The molecule has 0 spiro atoms. The zero-order valence-electron chi connectivity index (χ0n) is 10.2. The third-order valence-electron chi connectivity index (χ3n) is 2.84. The summed E-state index contributed by atoms with van der Waals surface area (Å²) in [5.74, 6) is 0.734. The fourth-order valence-electron chi connectivity index (χ4n) is 1.89. The standard InChI is InChI=1S/C13H13N3O2/c1-8-11(7-14)12(16-13(17)15-8)9-3-5-10(18-2)6-4-9/h3-6,12H,1-2H3,(H2,15,16,17)/t12-/m0/s1. The maximum atomic E-state index is 11.5. The first kappa shape index (κ1) is 12.0. The van der Waals surface area contributed by atoms with E-state index >= 15 is 0 Å². The Bertz CT molecular complexity index is 540. The molecule has 1 atom stereocenters. The average Bonchev–Trinajstić information content (AvgIpc) is 2.38. The molecule has 92 valence electrons. The van der Waals surface area contributed by atoms with Crippen LogP contribution in [0.5, 0.6) is 5.75 Å². The minimum Gasteiger partial charge on any atom is -0.497 e. The number of benzene rings is 1. The molecule has 0 saturated carbocycles. The molecule has 0 unspecified atom stereocenters. The van der Waals surface area contributed by atoms with Gasteiger partial charge >= 0.3 is 6.03 Å². The molecule has 1 aliphatic rings. The number of methoxy groups -OCH3 is 1. The molecule has 1 aromatic carbocycles. The second-order valence-corrected chi connectivity index (χ2v) is 3.96. The van der Waals surface area contributed by atoms with Crippen molar-refractivity contribution < 1.29 is 9.53 Å². The van der Waals surface area contributed by atoms with Crippen LogP contribution in [0.2, 0.25) is 0 Å². The predicted octanol–water partition coefficient (Wildman–Crippen LogP) is 1.85. The van der Waals surface area contributed by atoms with E-state index in [4.69, 9.17) is 10.00 Å². The van der Waals surface area contributed by atoms with E-state index in [1.807, 2.05) is 12.1 Å². The highest BCUT2D eigenvalue weighted by Crippen LogP contribution is 2.27. The minimum atomic E-state index is -0.408. The lowest BCUT2D eigenvalue weighted by atomic mass is 9.96. The summed E-state index contributed by atoms with van der Waals surface area (Å²) < 4.78 is 5.08. The second-order valence-electron chi connectivity index (χ2n) is 3.96. The molecule has 2 rings (SSSR count). The van der Waals surface area contributed by atoms with E-state index in [9.17, 15) is 4.79 Å². The first-order valence-corrected chi connectivity index (χ1v) is 5.48. The van der Waals surface area contributed by atoms with Gasteiger partial charge in [0.25, 0.3) is 0 Å². The lowest BCUT2D eigenvalue weighted by Crippen LogP contribution is -2.43. The molecule has 2 N–H and O–H groups in total. The molecule has 5 nitrogen and oxygen atoms in total. The molecule has 0 radical (unpaired) electrons. The van der Waals surface area contributed by atoms with Crippen LogP contribution in [0.4, 0.5) is 4.79 Å². The van der Waals surface area contributed by atoms with Gasteiger partial charge in [0.1, 0.15) is 5.75 Å². The summed E-state index contributed by atoms with van der Waals surface area (Å²) in [7, 11) is 1.59. The van der Waals surface area contributed by atoms with Crippen LogP contribution in [0, 0.1) is 11.3 Å². The number of nitriles is 1. The van der Waals surface area contributed by atoms with Gasteiger partial charge in [0.05, 0.1) is 24.8 Å². The van der Waals surface area contributed by atoms with Crippen LogP contribution in [0.25, 0.3) is 0 Å². The number of hydrogen-bond donors (Lipinski definition) is 2. The summed E-state index contributed by atoms with van der Waals surface area (Å²) in [6, 6.07) is 8.68. The Morgan fingerprint density at radius 1 is 1.33 bits per heavy atom. The molecule has 0 saturated heterocycles. The Kier molecular flexibility index (Phi) is 3.20. The smallest absolute Gasteiger partial charge is 0.319 e. The molecule has 0 aromatic heterocycles. The minimum absolute atomic E-state index is 0.299. The third-order valence-corrected chi connectivity index (χ3v) is 2.84. The van der Waals surface area contributed by atoms with Gasteiger partial charge in [-0.15, -0.1) is 0 Å². The van der Waals surface area contributed by atoms with Gasteiger partial charge in [-0.05, 0) is 24.6 Å². The summed E-state index contributed by atoms with van der Waals surface area (Å²) in [4.78, 5) is 11.5. The Labute approximate surface area is 105 Å². The van der Waals surface area contributed by atoms with Gasteiger partial charge in [0.15, 0.2) is 0 Å². The molecule has 0 fully saturated rings.